The molecular weight excluding hydrogens is 360 g/mol. The van der Waals surface area contributed by atoms with Gasteiger partial charge < -0.3 is 4.90 Å². The average Bonchev–Trinajstić information content (AvgIpc) is 2.74. The summed E-state index contributed by atoms with van der Waals surface area (Å²) in [7, 11) is 3.99. The minimum atomic E-state index is 0.185. The van der Waals surface area contributed by atoms with Crippen LogP contribution in [0.4, 0.5) is 5.69 Å². The minimum absolute atomic E-state index is 0.185. The van der Waals surface area contributed by atoms with Crippen LogP contribution in [0.5, 0.6) is 0 Å². The summed E-state index contributed by atoms with van der Waals surface area (Å²) < 4.78 is 1.39. The molecule has 0 fully saturated rings. The molecule has 0 unspecified atom stereocenters. The van der Waals surface area contributed by atoms with Crippen molar-refractivity contribution in [2.24, 2.45) is 0 Å². The highest BCUT2D eigenvalue weighted by Crippen LogP contribution is 2.21. The van der Waals surface area contributed by atoms with Gasteiger partial charge in [-0.05, 0) is 48.0 Å². The number of pyridine rings is 1. The molecule has 4 aromatic rings. The maximum atomic E-state index is 8.54. The number of benzene rings is 2. The molecule has 0 saturated carbocycles. The fourth-order valence-electron chi connectivity index (χ4n) is 3.23. The lowest BCUT2D eigenvalue weighted by atomic mass is 10.1. The first-order valence-electron chi connectivity index (χ1n) is 9.35. The number of anilines is 1. The third-order valence-corrected chi connectivity index (χ3v) is 4.79. The van der Waals surface area contributed by atoms with Crippen molar-refractivity contribution >= 4 is 22.4 Å². The van der Waals surface area contributed by atoms with Gasteiger partial charge in [0.2, 0.25) is 0 Å². The third-order valence-electron chi connectivity index (χ3n) is 4.79. The Bertz CT molecular complexity index is 1260. The standard InChI is InChI=1S/C23H22N6/c1-28(2)19-7-3-5-18(15-19)21-10-11-22(24)29(27-21)23(25)14-16-8-9-20-17(13-16)6-4-12-26-20/h3-13,15,24-25H,14H2,1-2H3. The van der Waals surface area contributed by atoms with Gasteiger partial charge in [-0.2, -0.15) is 5.10 Å². The van der Waals surface area contributed by atoms with Crippen LogP contribution in [0.25, 0.3) is 22.2 Å². The van der Waals surface area contributed by atoms with Gasteiger partial charge in [0.15, 0.2) is 0 Å². The lowest BCUT2D eigenvalue weighted by Gasteiger charge is -2.14. The van der Waals surface area contributed by atoms with Crippen LogP contribution in [0, 0.1) is 10.8 Å². The van der Waals surface area contributed by atoms with Crippen LogP contribution in [0.1, 0.15) is 5.56 Å². The zero-order chi connectivity index (χ0) is 20.4. The highest BCUT2D eigenvalue weighted by Gasteiger charge is 2.09. The molecule has 0 atom stereocenters. The van der Waals surface area contributed by atoms with E-state index in [1.807, 2.05) is 73.6 Å². The topological polar surface area (TPSA) is 81.7 Å². The highest BCUT2D eigenvalue weighted by molar-refractivity contribution is 5.85. The molecule has 144 valence electrons. The fourth-order valence-corrected chi connectivity index (χ4v) is 3.23. The van der Waals surface area contributed by atoms with Gasteiger partial charge in [-0.15, -0.1) is 0 Å². The first kappa shape index (κ1) is 18.6. The molecule has 2 aromatic carbocycles. The molecule has 4 rings (SSSR count). The van der Waals surface area contributed by atoms with Crippen molar-refractivity contribution in [1.29, 1.82) is 10.8 Å². The SMILES string of the molecule is CN(C)c1cccc(-c2ccc(=N)n(C(=N)Cc3ccc4ncccc4c3)n2)c1. The molecule has 2 heterocycles. The molecule has 0 bridgehead atoms. The Balaban J connectivity index is 1.65. The zero-order valence-electron chi connectivity index (χ0n) is 16.4. The lowest BCUT2D eigenvalue weighted by molar-refractivity contribution is 0.800. The van der Waals surface area contributed by atoms with E-state index in [9.17, 15) is 0 Å². The molecule has 0 radical (unpaired) electrons. The Morgan fingerprint density at radius 1 is 1.00 bits per heavy atom. The lowest BCUT2D eigenvalue weighted by Crippen LogP contribution is -2.30. The van der Waals surface area contributed by atoms with Crippen molar-refractivity contribution in [1.82, 2.24) is 14.8 Å². The number of fused-ring (bicyclic) bond motifs is 1. The molecule has 0 aliphatic carbocycles. The second kappa shape index (κ2) is 7.67. The summed E-state index contributed by atoms with van der Waals surface area (Å²) in [5, 5.41) is 22.4. The number of hydrogen-bond acceptors (Lipinski definition) is 5. The zero-order valence-corrected chi connectivity index (χ0v) is 16.4. The van der Waals surface area contributed by atoms with Crippen molar-refractivity contribution < 1.29 is 0 Å². The van der Waals surface area contributed by atoms with Crippen molar-refractivity contribution in [2.75, 3.05) is 19.0 Å². The monoisotopic (exact) mass is 382 g/mol. The predicted molar refractivity (Wildman–Crippen MR) is 116 cm³/mol. The van der Waals surface area contributed by atoms with E-state index in [1.54, 1.807) is 12.3 Å². The Hall–Kier alpha value is -3.80. The van der Waals surface area contributed by atoms with Gasteiger partial charge in [0, 0.05) is 43.4 Å². The molecule has 0 aliphatic rings. The summed E-state index contributed by atoms with van der Waals surface area (Å²) in [6, 6.07) is 21.4. The van der Waals surface area contributed by atoms with E-state index in [2.05, 4.69) is 16.1 Å². The summed E-state index contributed by atoms with van der Waals surface area (Å²) in [4.78, 5) is 6.37. The summed E-state index contributed by atoms with van der Waals surface area (Å²) in [6.45, 7) is 0. The first-order chi connectivity index (χ1) is 14.0. The first-order valence-corrected chi connectivity index (χ1v) is 9.35. The minimum Gasteiger partial charge on any atom is -0.378 e. The maximum Gasteiger partial charge on any atom is 0.148 e. The van der Waals surface area contributed by atoms with E-state index in [-0.39, 0.29) is 11.3 Å². The fraction of sp³-hybridized carbons (Fsp3) is 0.130. The summed E-state index contributed by atoms with van der Waals surface area (Å²) in [5.74, 6) is 0.254. The molecule has 0 spiro atoms. The van der Waals surface area contributed by atoms with Gasteiger partial charge in [-0.1, -0.05) is 24.3 Å². The quantitative estimate of drug-likeness (QED) is 0.417. The summed E-state index contributed by atoms with van der Waals surface area (Å²) in [6.07, 6.45) is 2.16. The van der Waals surface area contributed by atoms with E-state index in [0.717, 1.165) is 33.4 Å². The van der Waals surface area contributed by atoms with Crippen LogP contribution in [0.3, 0.4) is 0 Å². The Morgan fingerprint density at radius 2 is 1.86 bits per heavy atom. The summed E-state index contributed by atoms with van der Waals surface area (Å²) >= 11 is 0. The van der Waals surface area contributed by atoms with Crippen molar-refractivity contribution in [2.45, 2.75) is 6.42 Å². The second-order valence-electron chi connectivity index (χ2n) is 7.11. The number of nitrogens with zero attached hydrogens (tertiary/aromatic N) is 4. The molecule has 29 heavy (non-hydrogen) atoms. The third kappa shape index (κ3) is 3.91. The number of rotatable bonds is 4. The van der Waals surface area contributed by atoms with Gasteiger partial charge in [-0.25, -0.2) is 4.68 Å². The number of hydrogen-bond donors (Lipinski definition) is 2. The molecule has 2 N–H and O–H groups in total. The van der Waals surface area contributed by atoms with Crippen molar-refractivity contribution in [3.05, 3.63) is 84.0 Å². The smallest absolute Gasteiger partial charge is 0.148 e. The predicted octanol–water partition coefficient (Wildman–Crippen LogP) is 3.71. The number of nitrogens with one attached hydrogen (secondary N) is 2. The molecule has 6 nitrogen and oxygen atoms in total. The van der Waals surface area contributed by atoms with E-state index in [0.29, 0.717) is 6.42 Å². The molecule has 0 saturated heterocycles. The van der Waals surface area contributed by atoms with Crippen molar-refractivity contribution in [3.63, 3.8) is 0 Å². The van der Waals surface area contributed by atoms with Crippen LogP contribution in [-0.2, 0) is 6.42 Å². The van der Waals surface area contributed by atoms with Crippen LogP contribution < -0.4 is 10.4 Å². The number of aromatic nitrogens is 3. The van der Waals surface area contributed by atoms with Gasteiger partial charge in [0.25, 0.3) is 0 Å². The van der Waals surface area contributed by atoms with Gasteiger partial charge in [0.05, 0.1) is 11.2 Å². The second-order valence-corrected chi connectivity index (χ2v) is 7.11. The van der Waals surface area contributed by atoms with E-state index >= 15 is 0 Å². The van der Waals surface area contributed by atoms with Crippen LogP contribution >= 0.6 is 0 Å². The Morgan fingerprint density at radius 3 is 2.69 bits per heavy atom. The normalized spacial score (nSPS) is 10.8. The van der Waals surface area contributed by atoms with Crippen LogP contribution in [0.2, 0.25) is 0 Å². The molecular formula is C23H22N6. The molecule has 2 aromatic heterocycles. The van der Waals surface area contributed by atoms with Gasteiger partial charge in [-0.3, -0.25) is 15.8 Å². The maximum absolute atomic E-state index is 8.54. The molecule has 0 aliphatic heterocycles. The Kier molecular flexibility index (Phi) is 4.91. The van der Waals surface area contributed by atoms with E-state index in [1.165, 1.54) is 4.68 Å². The Labute approximate surface area is 169 Å². The average molecular weight is 382 g/mol. The van der Waals surface area contributed by atoms with E-state index < -0.39 is 0 Å². The molecule has 6 heteroatoms. The van der Waals surface area contributed by atoms with Crippen LogP contribution in [-0.4, -0.2) is 34.7 Å². The van der Waals surface area contributed by atoms with E-state index in [4.69, 9.17) is 10.8 Å². The van der Waals surface area contributed by atoms with Gasteiger partial charge in [0.1, 0.15) is 11.3 Å². The van der Waals surface area contributed by atoms with Crippen molar-refractivity contribution in [3.8, 4) is 11.3 Å². The van der Waals surface area contributed by atoms with Gasteiger partial charge >= 0.3 is 0 Å². The highest BCUT2D eigenvalue weighted by atomic mass is 15.3. The largest absolute Gasteiger partial charge is 0.378 e. The molecule has 0 amide bonds. The summed E-state index contributed by atoms with van der Waals surface area (Å²) in [5.41, 5.74) is 4.86. The van der Waals surface area contributed by atoms with Crippen LogP contribution in [0.15, 0.2) is 72.9 Å².